The number of aromatic nitrogens is 4. The predicted octanol–water partition coefficient (Wildman–Crippen LogP) is 4.84. The fourth-order valence-electron chi connectivity index (χ4n) is 4.59. The minimum absolute atomic E-state index is 0.178. The molecule has 8 heteroatoms. The normalized spacial score (nSPS) is 16.0. The molecule has 2 aliphatic rings. The van der Waals surface area contributed by atoms with Crippen molar-refractivity contribution in [2.45, 2.75) is 62.8 Å². The molecule has 1 aliphatic heterocycles. The summed E-state index contributed by atoms with van der Waals surface area (Å²) in [5.74, 6) is 1.83. The SMILES string of the molecule is O=c1n(CCCC2CCCC2)nnn1-c1ccc(NSc2ccc3c(c2)CCCO3)cc1. The zero-order chi connectivity index (χ0) is 21.8. The van der Waals surface area contributed by atoms with E-state index in [2.05, 4.69) is 27.3 Å². The van der Waals surface area contributed by atoms with E-state index >= 15 is 0 Å². The van der Waals surface area contributed by atoms with Gasteiger partial charge in [-0.1, -0.05) is 25.7 Å². The first kappa shape index (κ1) is 21.1. The molecule has 3 aromatic rings. The molecule has 0 bridgehead atoms. The Kier molecular flexibility index (Phi) is 6.48. The summed E-state index contributed by atoms with van der Waals surface area (Å²) in [5.41, 5.74) is 2.77. The lowest BCUT2D eigenvalue weighted by Gasteiger charge is -2.17. The molecule has 0 amide bonds. The van der Waals surface area contributed by atoms with Gasteiger partial charge in [0.25, 0.3) is 0 Å². The van der Waals surface area contributed by atoms with Crippen molar-refractivity contribution in [3.63, 3.8) is 0 Å². The molecule has 0 spiro atoms. The number of nitrogens with one attached hydrogen (secondary N) is 1. The first-order valence-corrected chi connectivity index (χ1v) is 12.4. The smallest absolute Gasteiger partial charge is 0.368 e. The van der Waals surface area contributed by atoms with E-state index in [9.17, 15) is 4.79 Å². The summed E-state index contributed by atoms with van der Waals surface area (Å²) in [6.45, 7) is 1.44. The summed E-state index contributed by atoms with van der Waals surface area (Å²) in [6.07, 6.45) is 9.67. The quantitative estimate of drug-likeness (QED) is 0.494. The van der Waals surface area contributed by atoms with Gasteiger partial charge in [0.1, 0.15) is 5.75 Å². The van der Waals surface area contributed by atoms with Gasteiger partial charge in [-0.2, -0.15) is 9.36 Å². The van der Waals surface area contributed by atoms with Gasteiger partial charge in [0.2, 0.25) is 0 Å². The van der Waals surface area contributed by atoms with E-state index in [4.69, 9.17) is 4.74 Å². The van der Waals surface area contributed by atoms with Gasteiger partial charge in [0.05, 0.1) is 12.3 Å². The van der Waals surface area contributed by atoms with Crippen molar-refractivity contribution in [1.29, 1.82) is 0 Å². The highest BCUT2D eigenvalue weighted by Gasteiger charge is 2.15. The van der Waals surface area contributed by atoms with E-state index in [0.29, 0.717) is 6.54 Å². The third kappa shape index (κ3) is 4.85. The Morgan fingerprint density at radius 3 is 2.75 bits per heavy atom. The second-order valence-corrected chi connectivity index (χ2v) is 9.54. The molecule has 0 unspecified atom stereocenters. The number of anilines is 1. The standard InChI is InChI=1S/C24H29N5O2S/c30-24-28(15-3-7-18-5-1-2-6-18)26-27-29(24)21-11-9-20(10-12-21)25-32-22-13-14-23-19(17-22)8-4-16-31-23/h9-14,17-18,25H,1-8,15-16H2. The second-order valence-electron chi connectivity index (χ2n) is 8.66. The second kappa shape index (κ2) is 9.81. The highest BCUT2D eigenvalue weighted by molar-refractivity contribution is 8.00. The average Bonchev–Trinajstić information content (AvgIpc) is 3.48. The van der Waals surface area contributed by atoms with Gasteiger partial charge in [-0.25, -0.2) is 4.79 Å². The number of ether oxygens (including phenoxy) is 1. The van der Waals surface area contributed by atoms with Crippen LogP contribution in [0.2, 0.25) is 0 Å². The van der Waals surface area contributed by atoms with Crippen molar-refractivity contribution in [2.75, 3.05) is 11.3 Å². The Morgan fingerprint density at radius 2 is 1.91 bits per heavy atom. The van der Waals surface area contributed by atoms with Gasteiger partial charge in [-0.3, -0.25) is 0 Å². The van der Waals surface area contributed by atoms with Gasteiger partial charge in [-0.05, 0) is 102 Å². The summed E-state index contributed by atoms with van der Waals surface area (Å²) in [5, 5.41) is 8.16. The van der Waals surface area contributed by atoms with Crippen LogP contribution in [0.3, 0.4) is 0 Å². The van der Waals surface area contributed by atoms with E-state index in [0.717, 1.165) is 53.8 Å². The van der Waals surface area contributed by atoms with Crippen molar-refractivity contribution < 1.29 is 4.74 Å². The molecule has 2 aromatic carbocycles. The van der Waals surface area contributed by atoms with Gasteiger partial charge in [-0.15, -0.1) is 0 Å². The van der Waals surface area contributed by atoms with Crippen molar-refractivity contribution in [2.24, 2.45) is 5.92 Å². The lowest BCUT2D eigenvalue weighted by Crippen LogP contribution is -2.24. The largest absolute Gasteiger partial charge is 0.493 e. The third-order valence-corrected chi connectivity index (χ3v) is 7.20. The van der Waals surface area contributed by atoms with Crippen molar-refractivity contribution in [3.05, 3.63) is 58.5 Å². The van der Waals surface area contributed by atoms with Crippen LogP contribution in [0.25, 0.3) is 5.69 Å². The highest BCUT2D eigenvalue weighted by Crippen LogP contribution is 2.30. The Balaban J connectivity index is 1.17. The molecule has 1 saturated carbocycles. The minimum Gasteiger partial charge on any atom is -0.493 e. The number of hydrogen-bond donors (Lipinski definition) is 1. The molecule has 1 aliphatic carbocycles. The Morgan fingerprint density at radius 1 is 1.06 bits per heavy atom. The molecule has 1 N–H and O–H groups in total. The van der Waals surface area contributed by atoms with Gasteiger partial charge in [0, 0.05) is 17.1 Å². The van der Waals surface area contributed by atoms with Gasteiger partial charge < -0.3 is 9.46 Å². The zero-order valence-corrected chi connectivity index (χ0v) is 19.0. The van der Waals surface area contributed by atoms with Crippen LogP contribution in [-0.2, 0) is 13.0 Å². The summed E-state index contributed by atoms with van der Waals surface area (Å²) >= 11 is 1.57. The Bertz CT molecular complexity index is 1100. The van der Waals surface area contributed by atoms with Crippen molar-refractivity contribution >= 4 is 17.6 Å². The fourth-order valence-corrected chi connectivity index (χ4v) is 5.30. The maximum atomic E-state index is 12.7. The molecule has 0 radical (unpaired) electrons. The molecule has 7 nitrogen and oxygen atoms in total. The number of rotatable bonds is 8. The Hall–Kier alpha value is -2.74. The first-order chi connectivity index (χ1) is 15.8. The van der Waals surface area contributed by atoms with E-state index in [1.54, 1.807) is 11.9 Å². The molecular weight excluding hydrogens is 422 g/mol. The fraction of sp³-hybridized carbons (Fsp3) is 0.458. The molecular formula is C24H29N5O2S. The highest BCUT2D eigenvalue weighted by atomic mass is 32.2. The van der Waals surface area contributed by atoms with Crippen LogP contribution in [0.5, 0.6) is 5.75 Å². The van der Waals surface area contributed by atoms with Crippen LogP contribution in [0.15, 0.2) is 52.2 Å². The van der Waals surface area contributed by atoms with Crippen LogP contribution in [0.1, 0.15) is 50.5 Å². The molecule has 32 heavy (non-hydrogen) atoms. The maximum absolute atomic E-state index is 12.7. The number of fused-ring (bicyclic) bond motifs is 1. The minimum atomic E-state index is -0.178. The van der Waals surface area contributed by atoms with Crippen LogP contribution < -0.4 is 15.1 Å². The van der Waals surface area contributed by atoms with Crippen LogP contribution in [0, 0.1) is 5.92 Å². The number of hydrogen-bond acceptors (Lipinski definition) is 6. The number of aryl methyl sites for hydroxylation is 2. The summed E-state index contributed by atoms with van der Waals surface area (Å²) in [7, 11) is 0. The summed E-state index contributed by atoms with van der Waals surface area (Å²) in [4.78, 5) is 13.8. The number of nitrogens with zero attached hydrogens (tertiary/aromatic N) is 4. The van der Waals surface area contributed by atoms with Crippen molar-refractivity contribution in [3.8, 4) is 11.4 Å². The molecule has 1 fully saturated rings. The van der Waals surface area contributed by atoms with Crippen LogP contribution >= 0.6 is 11.9 Å². The van der Waals surface area contributed by atoms with E-state index < -0.39 is 0 Å². The van der Waals surface area contributed by atoms with E-state index in [1.165, 1.54) is 47.0 Å². The lowest BCUT2D eigenvalue weighted by atomic mass is 10.0. The topological polar surface area (TPSA) is 74.0 Å². The van der Waals surface area contributed by atoms with Crippen LogP contribution in [-0.4, -0.2) is 26.4 Å². The Labute approximate surface area is 192 Å². The van der Waals surface area contributed by atoms with Gasteiger partial charge >= 0.3 is 5.69 Å². The number of tetrazole rings is 1. The van der Waals surface area contributed by atoms with E-state index in [1.807, 2.05) is 30.3 Å². The van der Waals surface area contributed by atoms with Gasteiger partial charge in [0.15, 0.2) is 0 Å². The molecule has 0 saturated heterocycles. The molecule has 0 atom stereocenters. The molecule has 168 valence electrons. The van der Waals surface area contributed by atoms with E-state index in [-0.39, 0.29) is 5.69 Å². The average molecular weight is 452 g/mol. The number of benzene rings is 2. The lowest BCUT2D eigenvalue weighted by molar-refractivity contribution is 0.288. The van der Waals surface area contributed by atoms with Crippen LogP contribution in [0.4, 0.5) is 5.69 Å². The molecule has 2 heterocycles. The first-order valence-electron chi connectivity index (χ1n) is 11.6. The zero-order valence-electron chi connectivity index (χ0n) is 18.2. The van der Waals surface area contributed by atoms with Crippen molar-refractivity contribution in [1.82, 2.24) is 19.8 Å². The third-order valence-electron chi connectivity index (χ3n) is 6.38. The monoisotopic (exact) mass is 451 g/mol. The summed E-state index contributed by atoms with van der Waals surface area (Å²) < 4.78 is 11.9. The maximum Gasteiger partial charge on any atom is 0.368 e. The molecule has 5 rings (SSSR count). The summed E-state index contributed by atoms with van der Waals surface area (Å²) in [6, 6.07) is 14.0. The predicted molar refractivity (Wildman–Crippen MR) is 127 cm³/mol. The molecule has 1 aromatic heterocycles.